The lowest BCUT2D eigenvalue weighted by Gasteiger charge is -2.19. The summed E-state index contributed by atoms with van der Waals surface area (Å²) in [5.41, 5.74) is 3.25. The van der Waals surface area contributed by atoms with E-state index in [0.29, 0.717) is 0 Å². The van der Waals surface area contributed by atoms with Crippen LogP contribution in [-0.2, 0) is 0 Å². The number of benzene rings is 3. The standard InChI is InChI=1S/C19H13Cl2/c20-16-12-10-15(11-13-16)19(14-6-2-1-3-7-14)17-8-4-5-9-18(17)21/h1-13H. The van der Waals surface area contributed by atoms with Gasteiger partial charge in [0.25, 0.3) is 0 Å². The van der Waals surface area contributed by atoms with E-state index in [4.69, 9.17) is 23.2 Å². The van der Waals surface area contributed by atoms with Gasteiger partial charge in [0.1, 0.15) is 0 Å². The molecule has 2 heteroatoms. The number of hydrogen-bond acceptors (Lipinski definition) is 0. The van der Waals surface area contributed by atoms with Gasteiger partial charge in [-0.15, -0.1) is 0 Å². The molecule has 21 heavy (non-hydrogen) atoms. The molecule has 0 aliphatic heterocycles. The summed E-state index contributed by atoms with van der Waals surface area (Å²) >= 11 is 12.4. The first kappa shape index (κ1) is 14.2. The van der Waals surface area contributed by atoms with Gasteiger partial charge in [0.15, 0.2) is 0 Å². The van der Waals surface area contributed by atoms with Crippen LogP contribution in [0.25, 0.3) is 0 Å². The Hall–Kier alpha value is -1.76. The normalized spacial score (nSPS) is 10.8. The highest BCUT2D eigenvalue weighted by molar-refractivity contribution is 6.31. The van der Waals surface area contributed by atoms with E-state index in [1.165, 1.54) is 0 Å². The summed E-state index contributed by atoms with van der Waals surface area (Å²) in [4.78, 5) is 0. The van der Waals surface area contributed by atoms with Gasteiger partial charge < -0.3 is 0 Å². The molecule has 0 amide bonds. The predicted octanol–water partition coefficient (Wildman–Crippen LogP) is 6.01. The molecule has 0 aliphatic rings. The van der Waals surface area contributed by atoms with Gasteiger partial charge in [-0.1, -0.05) is 83.9 Å². The van der Waals surface area contributed by atoms with Crippen molar-refractivity contribution < 1.29 is 0 Å². The summed E-state index contributed by atoms with van der Waals surface area (Å²) in [6, 6.07) is 26.0. The van der Waals surface area contributed by atoms with E-state index in [2.05, 4.69) is 12.1 Å². The fourth-order valence-electron chi connectivity index (χ4n) is 2.36. The Balaban J connectivity index is 2.16. The summed E-state index contributed by atoms with van der Waals surface area (Å²) in [6.07, 6.45) is 0. The summed E-state index contributed by atoms with van der Waals surface area (Å²) < 4.78 is 0. The Bertz CT molecular complexity index is 718. The molecular weight excluding hydrogens is 299 g/mol. The van der Waals surface area contributed by atoms with Crippen LogP contribution >= 0.6 is 23.2 Å². The first-order valence-electron chi connectivity index (χ1n) is 6.69. The van der Waals surface area contributed by atoms with Gasteiger partial charge in [-0.25, -0.2) is 0 Å². The third-order valence-electron chi connectivity index (χ3n) is 3.34. The Morgan fingerprint density at radius 3 is 1.81 bits per heavy atom. The predicted molar refractivity (Wildman–Crippen MR) is 89.9 cm³/mol. The molecule has 0 atom stereocenters. The average Bonchev–Trinajstić information content (AvgIpc) is 2.52. The number of halogens is 2. The van der Waals surface area contributed by atoms with E-state index < -0.39 is 0 Å². The minimum Gasteiger partial charge on any atom is -0.0843 e. The molecule has 0 fully saturated rings. The average molecular weight is 312 g/mol. The SMILES string of the molecule is Clc1ccc([C](c2ccccc2)c2ccccc2Cl)cc1. The molecule has 0 heterocycles. The molecule has 3 aromatic carbocycles. The van der Waals surface area contributed by atoms with Crippen LogP contribution in [0.5, 0.6) is 0 Å². The van der Waals surface area contributed by atoms with E-state index in [0.717, 1.165) is 32.7 Å². The van der Waals surface area contributed by atoms with E-state index in [-0.39, 0.29) is 0 Å². The first-order valence-corrected chi connectivity index (χ1v) is 7.44. The maximum absolute atomic E-state index is 6.40. The van der Waals surface area contributed by atoms with Crippen molar-refractivity contribution in [3.05, 3.63) is 112 Å². The second-order valence-corrected chi connectivity index (χ2v) is 5.57. The van der Waals surface area contributed by atoms with Gasteiger partial charge in [0, 0.05) is 10.0 Å². The van der Waals surface area contributed by atoms with Crippen molar-refractivity contribution in [3.63, 3.8) is 0 Å². The lowest BCUT2D eigenvalue weighted by molar-refractivity contribution is 1.23. The lowest BCUT2D eigenvalue weighted by atomic mass is 9.85. The molecule has 0 saturated heterocycles. The molecule has 1 radical (unpaired) electrons. The Morgan fingerprint density at radius 2 is 1.14 bits per heavy atom. The van der Waals surface area contributed by atoms with Gasteiger partial charge in [-0.2, -0.15) is 0 Å². The molecule has 3 aromatic rings. The summed E-state index contributed by atoms with van der Waals surface area (Å²) in [7, 11) is 0. The number of hydrogen-bond donors (Lipinski definition) is 0. The van der Waals surface area contributed by atoms with Crippen LogP contribution in [0.4, 0.5) is 0 Å². The molecule has 0 N–H and O–H groups in total. The largest absolute Gasteiger partial charge is 0.0843 e. The van der Waals surface area contributed by atoms with Crippen LogP contribution in [0.3, 0.4) is 0 Å². The topological polar surface area (TPSA) is 0 Å². The summed E-state index contributed by atoms with van der Waals surface area (Å²) in [5, 5.41) is 1.47. The molecule has 0 nitrogen and oxygen atoms in total. The molecule has 0 saturated carbocycles. The molecule has 0 spiro atoms. The maximum Gasteiger partial charge on any atom is 0.0644 e. The van der Waals surface area contributed by atoms with Crippen LogP contribution in [0.2, 0.25) is 10.0 Å². The van der Waals surface area contributed by atoms with E-state index in [1.807, 2.05) is 66.7 Å². The summed E-state index contributed by atoms with van der Waals surface area (Å²) in [5.74, 6) is 1.11. The minimum absolute atomic E-state index is 0.727. The third kappa shape index (κ3) is 3.12. The minimum atomic E-state index is 0.727. The number of rotatable bonds is 3. The molecule has 0 aromatic heterocycles. The fraction of sp³-hybridized carbons (Fsp3) is 0. The second kappa shape index (κ2) is 6.34. The monoisotopic (exact) mass is 311 g/mol. The fourth-order valence-corrected chi connectivity index (χ4v) is 2.72. The van der Waals surface area contributed by atoms with E-state index in [9.17, 15) is 0 Å². The smallest absolute Gasteiger partial charge is 0.0644 e. The lowest BCUT2D eigenvalue weighted by Crippen LogP contribution is -2.05. The van der Waals surface area contributed by atoms with Crippen molar-refractivity contribution in [1.82, 2.24) is 0 Å². The van der Waals surface area contributed by atoms with Gasteiger partial charge in [-0.05, 0) is 34.9 Å². The van der Waals surface area contributed by atoms with E-state index in [1.54, 1.807) is 0 Å². The zero-order chi connectivity index (χ0) is 14.7. The quantitative estimate of drug-likeness (QED) is 0.519. The van der Waals surface area contributed by atoms with Crippen molar-refractivity contribution in [2.45, 2.75) is 0 Å². The van der Waals surface area contributed by atoms with Gasteiger partial charge >= 0.3 is 0 Å². The highest BCUT2D eigenvalue weighted by Crippen LogP contribution is 2.35. The Labute approximate surface area is 135 Å². The zero-order valence-electron chi connectivity index (χ0n) is 11.3. The summed E-state index contributed by atoms with van der Waals surface area (Å²) in [6.45, 7) is 0. The van der Waals surface area contributed by atoms with Gasteiger partial charge in [-0.3, -0.25) is 0 Å². The van der Waals surface area contributed by atoms with Crippen molar-refractivity contribution in [2.75, 3.05) is 0 Å². The highest BCUT2D eigenvalue weighted by Gasteiger charge is 2.19. The molecule has 0 aliphatic carbocycles. The van der Waals surface area contributed by atoms with Crippen LogP contribution < -0.4 is 0 Å². The second-order valence-electron chi connectivity index (χ2n) is 4.73. The van der Waals surface area contributed by atoms with Gasteiger partial charge in [0.05, 0.1) is 5.92 Å². The van der Waals surface area contributed by atoms with E-state index >= 15 is 0 Å². The Kier molecular flexibility index (Phi) is 4.28. The molecule has 103 valence electrons. The highest BCUT2D eigenvalue weighted by atomic mass is 35.5. The first-order chi connectivity index (χ1) is 10.3. The third-order valence-corrected chi connectivity index (χ3v) is 3.92. The molecule has 3 rings (SSSR count). The Morgan fingerprint density at radius 1 is 0.571 bits per heavy atom. The maximum atomic E-state index is 6.40. The van der Waals surface area contributed by atoms with Crippen LogP contribution in [0.15, 0.2) is 78.9 Å². The van der Waals surface area contributed by atoms with Crippen molar-refractivity contribution >= 4 is 23.2 Å². The van der Waals surface area contributed by atoms with Crippen LogP contribution in [-0.4, -0.2) is 0 Å². The van der Waals surface area contributed by atoms with Crippen molar-refractivity contribution in [3.8, 4) is 0 Å². The molecule has 0 bridgehead atoms. The molecule has 0 unspecified atom stereocenters. The van der Waals surface area contributed by atoms with Crippen LogP contribution in [0, 0.1) is 5.92 Å². The van der Waals surface area contributed by atoms with Crippen molar-refractivity contribution in [2.24, 2.45) is 0 Å². The van der Waals surface area contributed by atoms with Crippen LogP contribution in [0.1, 0.15) is 16.7 Å². The van der Waals surface area contributed by atoms with Crippen molar-refractivity contribution in [1.29, 1.82) is 0 Å². The zero-order valence-corrected chi connectivity index (χ0v) is 12.8. The van der Waals surface area contributed by atoms with Gasteiger partial charge in [0.2, 0.25) is 0 Å². The molecular formula is C19H13Cl2.